The molecule has 1 heterocycles. The van der Waals surface area contributed by atoms with E-state index in [0.29, 0.717) is 5.69 Å². The van der Waals surface area contributed by atoms with E-state index in [0.717, 1.165) is 9.04 Å². The van der Waals surface area contributed by atoms with Gasteiger partial charge in [0, 0.05) is 4.47 Å². The summed E-state index contributed by atoms with van der Waals surface area (Å²) < 4.78 is 1.81. The zero-order valence-corrected chi connectivity index (χ0v) is 10.5. The molecule has 2 rings (SSSR count). The van der Waals surface area contributed by atoms with Crippen LogP contribution >= 0.6 is 15.9 Å². The minimum absolute atomic E-state index is 0.101. The summed E-state index contributed by atoms with van der Waals surface area (Å²) in [6, 6.07) is 6.85. The van der Waals surface area contributed by atoms with Gasteiger partial charge < -0.3 is 5.11 Å². The molecule has 0 saturated heterocycles. The normalized spacial score (nSPS) is 10.5. The summed E-state index contributed by atoms with van der Waals surface area (Å²) in [4.78, 5) is 25.1. The number of nitrogens with one attached hydrogen (secondary N) is 1. The van der Waals surface area contributed by atoms with E-state index < -0.39 is 11.2 Å². The number of hydrogen-bond acceptors (Lipinski definition) is 3. The van der Waals surface area contributed by atoms with Crippen LogP contribution in [-0.4, -0.2) is 14.7 Å². The highest BCUT2D eigenvalue weighted by Crippen LogP contribution is 2.18. The second kappa shape index (κ2) is 4.21. The summed E-state index contributed by atoms with van der Waals surface area (Å²) >= 11 is 3.27. The first-order valence-electron chi connectivity index (χ1n) is 4.81. The van der Waals surface area contributed by atoms with Crippen LogP contribution in [0.25, 0.3) is 5.69 Å². The number of hydrogen-bond donors (Lipinski definition) is 2. The largest absolute Gasteiger partial charge is 0.494 e. The molecule has 0 aliphatic heterocycles. The maximum absolute atomic E-state index is 11.7. The number of nitrogens with zero attached hydrogens (tertiary/aromatic N) is 1. The van der Waals surface area contributed by atoms with E-state index in [-0.39, 0.29) is 11.4 Å². The van der Waals surface area contributed by atoms with Crippen molar-refractivity contribution in [1.82, 2.24) is 9.55 Å². The number of aromatic amines is 1. The standard InChI is InChI=1S/C11H9BrN2O3/c1-6-9(15)13-11(17)14(10(6)16)8-4-2-3-7(12)5-8/h2-5,16H,1H3,(H,13,15,17). The van der Waals surface area contributed by atoms with Crippen LogP contribution in [0.2, 0.25) is 0 Å². The Balaban J connectivity index is 2.81. The Labute approximate surface area is 104 Å². The van der Waals surface area contributed by atoms with Crippen molar-refractivity contribution in [1.29, 1.82) is 0 Å². The third-order valence-electron chi connectivity index (χ3n) is 2.38. The van der Waals surface area contributed by atoms with Crippen molar-refractivity contribution in [2.24, 2.45) is 0 Å². The van der Waals surface area contributed by atoms with Gasteiger partial charge in [0.1, 0.15) is 0 Å². The van der Waals surface area contributed by atoms with Gasteiger partial charge in [-0.15, -0.1) is 0 Å². The van der Waals surface area contributed by atoms with Gasteiger partial charge in [-0.2, -0.15) is 0 Å². The fourth-order valence-corrected chi connectivity index (χ4v) is 1.85. The molecule has 1 aromatic heterocycles. The molecular weight excluding hydrogens is 288 g/mol. The summed E-state index contributed by atoms with van der Waals surface area (Å²) in [6.07, 6.45) is 0. The quantitative estimate of drug-likeness (QED) is 0.833. The van der Waals surface area contributed by atoms with Crippen LogP contribution in [-0.2, 0) is 0 Å². The fraction of sp³-hybridized carbons (Fsp3) is 0.0909. The Morgan fingerprint density at radius 1 is 1.35 bits per heavy atom. The van der Waals surface area contributed by atoms with E-state index in [1.807, 2.05) is 0 Å². The van der Waals surface area contributed by atoms with Crippen molar-refractivity contribution in [3.63, 3.8) is 0 Å². The van der Waals surface area contributed by atoms with Gasteiger partial charge in [-0.25, -0.2) is 9.36 Å². The van der Waals surface area contributed by atoms with Crippen molar-refractivity contribution in [2.75, 3.05) is 0 Å². The van der Waals surface area contributed by atoms with E-state index in [4.69, 9.17) is 0 Å². The molecule has 0 saturated carbocycles. The van der Waals surface area contributed by atoms with E-state index in [2.05, 4.69) is 20.9 Å². The third-order valence-corrected chi connectivity index (χ3v) is 2.87. The molecule has 0 unspecified atom stereocenters. The van der Waals surface area contributed by atoms with Crippen molar-refractivity contribution >= 4 is 15.9 Å². The molecule has 2 aromatic rings. The SMILES string of the molecule is Cc1c(O)n(-c2cccc(Br)c2)c(=O)[nH]c1=O. The highest BCUT2D eigenvalue weighted by Gasteiger charge is 2.11. The van der Waals surface area contributed by atoms with Crippen LogP contribution in [0.15, 0.2) is 38.3 Å². The molecule has 0 fully saturated rings. The molecule has 2 N–H and O–H groups in total. The van der Waals surface area contributed by atoms with Gasteiger partial charge in [0.15, 0.2) is 0 Å². The van der Waals surface area contributed by atoms with E-state index >= 15 is 0 Å². The van der Waals surface area contributed by atoms with Gasteiger partial charge in [-0.3, -0.25) is 9.78 Å². The van der Waals surface area contributed by atoms with Crippen LogP contribution in [0.5, 0.6) is 5.88 Å². The highest BCUT2D eigenvalue weighted by atomic mass is 79.9. The maximum atomic E-state index is 11.7. The number of rotatable bonds is 1. The monoisotopic (exact) mass is 296 g/mol. The second-order valence-electron chi connectivity index (χ2n) is 3.52. The lowest BCUT2D eigenvalue weighted by Crippen LogP contribution is -2.30. The Morgan fingerprint density at radius 2 is 2.06 bits per heavy atom. The molecule has 1 aromatic carbocycles. The van der Waals surface area contributed by atoms with Crippen LogP contribution < -0.4 is 11.2 Å². The first-order chi connectivity index (χ1) is 8.00. The Bertz CT molecular complexity index is 688. The molecule has 5 nitrogen and oxygen atoms in total. The Kier molecular flexibility index (Phi) is 2.89. The minimum atomic E-state index is -0.670. The lowest BCUT2D eigenvalue weighted by Gasteiger charge is -2.09. The summed E-state index contributed by atoms with van der Waals surface area (Å²) in [5.74, 6) is -0.350. The lowest BCUT2D eigenvalue weighted by molar-refractivity contribution is 0.426. The Hall–Kier alpha value is -1.82. The molecule has 0 bridgehead atoms. The van der Waals surface area contributed by atoms with Gasteiger partial charge in [-0.1, -0.05) is 22.0 Å². The first kappa shape index (κ1) is 11.7. The van der Waals surface area contributed by atoms with Crippen molar-refractivity contribution < 1.29 is 5.11 Å². The average Bonchev–Trinajstić information content (AvgIpc) is 2.26. The van der Waals surface area contributed by atoms with Gasteiger partial charge >= 0.3 is 5.69 Å². The molecule has 6 heteroatoms. The van der Waals surface area contributed by atoms with E-state index in [9.17, 15) is 14.7 Å². The molecule has 0 spiro atoms. The number of benzene rings is 1. The molecule has 0 radical (unpaired) electrons. The summed E-state index contributed by atoms with van der Waals surface area (Å²) in [5.41, 5.74) is -0.680. The zero-order chi connectivity index (χ0) is 12.6. The number of H-pyrrole nitrogens is 1. The molecular formula is C11H9BrN2O3. The Morgan fingerprint density at radius 3 is 2.71 bits per heavy atom. The molecule has 0 amide bonds. The first-order valence-corrected chi connectivity index (χ1v) is 5.61. The van der Waals surface area contributed by atoms with E-state index in [1.165, 1.54) is 6.92 Å². The predicted molar refractivity (Wildman–Crippen MR) is 66.8 cm³/mol. The van der Waals surface area contributed by atoms with Crippen molar-refractivity contribution in [3.8, 4) is 11.6 Å². The highest BCUT2D eigenvalue weighted by molar-refractivity contribution is 9.10. The molecule has 0 aliphatic carbocycles. The maximum Gasteiger partial charge on any atom is 0.335 e. The smallest absolute Gasteiger partial charge is 0.335 e. The van der Waals surface area contributed by atoms with E-state index in [1.54, 1.807) is 24.3 Å². The molecule has 17 heavy (non-hydrogen) atoms. The van der Waals surface area contributed by atoms with Gasteiger partial charge in [0.25, 0.3) is 5.56 Å². The minimum Gasteiger partial charge on any atom is -0.494 e. The predicted octanol–water partition coefficient (Wildman–Crippen LogP) is 1.30. The van der Waals surface area contributed by atoms with Gasteiger partial charge in [-0.05, 0) is 25.1 Å². The van der Waals surface area contributed by atoms with Gasteiger partial charge in [0.2, 0.25) is 5.88 Å². The van der Waals surface area contributed by atoms with Crippen LogP contribution in [0.1, 0.15) is 5.56 Å². The fourth-order valence-electron chi connectivity index (χ4n) is 1.47. The van der Waals surface area contributed by atoms with Gasteiger partial charge in [0.05, 0.1) is 11.3 Å². The second-order valence-corrected chi connectivity index (χ2v) is 4.44. The zero-order valence-electron chi connectivity index (χ0n) is 8.90. The van der Waals surface area contributed by atoms with Crippen LogP contribution in [0.4, 0.5) is 0 Å². The number of halogens is 1. The number of aromatic hydroxyl groups is 1. The summed E-state index contributed by atoms with van der Waals surface area (Å²) in [5, 5.41) is 9.83. The van der Waals surface area contributed by atoms with Crippen LogP contribution in [0.3, 0.4) is 0 Å². The number of aromatic nitrogens is 2. The summed E-state index contributed by atoms with van der Waals surface area (Å²) in [7, 11) is 0. The topological polar surface area (TPSA) is 75.1 Å². The molecule has 0 atom stereocenters. The van der Waals surface area contributed by atoms with Crippen molar-refractivity contribution in [3.05, 3.63) is 55.1 Å². The van der Waals surface area contributed by atoms with Crippen LogP contribution in [0, 0.1) is 6.92 Å². The molecule has 0 aliphatic rings. The lowest BCUT2D eigenvalue weighted by atomic mass is 10.3. The van der Waals surface area contributed by atoms with Crippen molar-refractivity contribution in [2.45, 2.75) is 6.92 Å². The third kappa shape index (κ3) is 2.03. The summed E-state index contributed by atoms with van der Waals surface area (Å²) in [6.45, 7) is 1.45. The average molecular weight is 297 g/mol. The molecule has 88 valence electrons.